The number of rotatable bonds is 5. The Balaban J connectivity index is 1.81. The topological polar surface area (TPSA) is 63.7 Å². The Kier molecular flexibility index (Phi) is 5.30. The minimum atomic E-state index is -3.10. The predicted molar refractivity (Wildman–Crippen MR) is 98.2 cm³/mol. The molecule has 1 atom stereocenters. The van der Waals surface area contributed by atoms with E-state index in [9.17, 15) is 13.2 Å². The van der Waals surface area contributed by atoms with Gasteiger partial charge in [0.2, 0.25) is 5.91 Å². The van der Waals surface area contributed by atoms with E-state index in [1.54, 1.807) is 24.3 Å². The van der Waals surface area contributed by atoms with Crippen molar-refractivity contribution in [1.82, 2.24) is 0 Å². The van der Waals surface area contributed by atoms with E-state index in [1.165, 1.54) is 4.90 Å². The minimum Gasteiger partial charge on any atom is -0.457 e. The first-order chi connectivity index (χ1) is 12.0. The van der Waals surface area contributed by atoms with Crippen LogP contribution in [0, 0.1) is 0 Å². The number of ether oxygens (including phenoxy) is 1. The second-order valence-electron chi connectivity index (χ2n) is 5.86. The molecule has 0 bridgehead atoms. The molecule has 0 aliphatic carbocycles. The molecule has 0 aromatic heterocycles. The van der Waals surface area contributed by atoms with Crippen LogP contribution in [-0.2, 0) is 14.6 Å². The summed E-state index contributed by atoms with van der Waals surface area (Å²) in [6, 6.07) is 16.0. The van der Waals surface area contributed by atoms with Crippen molar-refractivity contribution >= 4 is 33.0 Å². The smallest absolute Gasteiger partial charge is 0.242 e. The highest BCUT2D eigenvalue weighted by molar-refractivity contribution is 7.91. The number of benzene rings is 2. The van der Waals surface area contributed by atoms with Gasteiger partial charge in [0.1, 0.15) is 17.4 Å². The molecule has 1 aliphatic heterocycles. The number of carbonyl (C=O) groups excluding carboxylic acids is 1. The number of carbonyl (C=O) groups is 1. The second kappa shape index (κ2) is 7.45. The number of hydrogen-bond acceptors (Lipinski definition) is 4. The lowest BCUT2D eigenvalue weighted by atomic mass is 10.2. The Hall–Kier alpha value is -2.05. The molecule has 5 nitrogen and oxygen atoms in total. The number of nitrogens with zero attached hydrogens (tertiary/aromatic N) is 1. The van der Waals surface area contributed by atoms with Crippen molar-refractivity contribution in [3.8, 4) is 11.5 Å². The number of sulfone groups is 1. The van der Waals surface area contributed by atoms with Crippen LogP contribution in [0.15, 0.2) is 54.6 Å². The van der Waals surface area contributed by atoms with Crippen LogP contribution in [0.3, 0.4) is 0 Å². The fourth-order valence-corrected chi connectivity index (χ4v) is 4.73. The van der Waals surface area contributed by atoms with Crippen LogP contribution in [0.5, 0.6) is 11.5 Å². The number of hydrogen-bond donors (Lipinski definition) is 0. The van der Waals surface area contributed by atoms with E-state index in [1.807, 2.05) is 30.3 Å². The standard InChI is InChI=1S/C18H18ClNO4S/c19-12-18(21)20(15-10-11-25(22,23)13-15)14-6-8-17(9-7-14)24-16-4-2-1-3-5-16/h1-9,15H,10-13H2/t15-/m0/s1. The van der Waals surface area contributed by atoms with E-state index in [-0.39, 0.29) is 29.3 Å². The number of alkyl halides is 1. The van der Waals surface area contributed by atoms with E-state index in [4.69, 9.17) is 16.3 Å². The van der Waals surface area contributed by atoms with Crippen molar-refractivity contribution in [3.63, 3.8) is 0 Å². The maximum atomic E-state index is 12.3. The Bertz CT molecular complexity index is 837. The molecule has 0 unspecified atom stereocenters. The molecule has 1 amide bonds. The fourth-order valence-electron chi connectivity index (χ4n) is 2.90. The predicted octanol–water partition coefficient (Wildman–Crippen LogP) is 3.24. The Morgan fingerprint density at radius 1 is 1.08 bits per heavy atom. The molecule has 0 N–H and O–H groups in total. The maximum Gasteiger partial charge on any atom is 0.242 e. The van der Waals surface area contributed by atoms with Gasteiger partial charge in [0.15, 0.2) is 9.84 Å². The summed E-state index contributed by atoms with van der Waals surface area (Å²) in [5.41, 5.74) is 0.619. The van der Waals surface area contributed by atoms with Crippen molar-refractivity contribution in [2.75, 3.05) is 22.3 Å². The second-order valence-corrected chi connectivity index (χ2v) is 8.36. The van der Waals surface area contributed by atoms with Gasteiger partial charge in [-0.1, -0.05) is 18.2 Å². The van der Waals surface area contributed by atoms with Gasteiger partial charge in [-0.25, -0.2) is 8.42 Å². The van der Waals surface area contributed by atoms with Gasteiger partial charge in [-0.3, -0.25) is 4.79 Å². The van der Waals surface area contributed by atoms with Crippen molar-refractivity contribution in [2.24, 2.45) is 0 Å². The molecule has 3 rings (SSSR count). The van der Waals surface area contributed by atoms with Gasteiger partial charge in [0, 0.05) is 5.69 Å². The summed E-state index contributed by atoms with van der Waals surface area (Å²) in [7, 11) is -3.10. The molecule has 0 spiro atoms. The SMILES string of the molecule is O=C(CCl)N(c1ccc(Oc2ccccc2)cc1)[C@H]1CCS(=O)(=O)C1. The van der Waals surface area contributed by atoms with E-state index >= 15 is 0 Å². The van der Waals surface area contributed by atoms with Crippen LogP contribution in [0.1, 0.15) is 6.42 Å². The third kappa shape index (κ3) is 4.32. The van der Waals surface area contributed by atoms with Crippen LogP contribution < -0.4 is 9.64 Å². The molecule has 1 fully saturated rings. The summed E-state index contributed by atoms with van der Waals surface area (Å²) < 4.78 is 29.2. The van der Waals surface area contributed by atoms with Gasteiger partial charge in [-0.15, -0.1) is 11.6 Å². The summed E-state index contributed by atoms with van der Waals surface area (Å²) in [5, 5.41) is 0. The first-order valence-corrected chi connectivity index (χ1v) is 10.3. The largest absolute Gasteiger partial charge is 0.457 e. The molecule has 2 aromatic rings. The lowest BCUT2D eigenvalue weighted by molar-refractivity contribution is -0.116. The molecule has 7 heteroatoms. The average Bonchev–Trinajstić information content (AvgIpc) is 2.97. The first kappa shape index (κ1) is 17.8. The van der Waals surface area contributed by atoms with E-state index in [0.717, 1.165) is 0 Å². The molecule has 1 saturated heterocycles. The third-order valence-corrected chi connectivity index (χ3v) is 6.03. The van der Waals surface area contributed by atoms with E-state index in [2.05, 4.69) is 0 Å². The van der Waals surface area contributed by atoms with Crippen molar-refractivity contribution in [1.29, 1.82) is 0 Å². The van der Waals surface area contributed by atoms with Crippen LogP contribution >= 0.6 is 11.6 Å². The van der Waals surface area contributed by atoms with Crippen LogP contribution in [0.2, 0.25) is 0 Å². The summed E-state index contributed by atoms with van der Waals surface area (Å²) in [4.78, 5) is 13.7. The Morgan fingerprint density at radius 2 is 1.72 bits per heavy atom. The highest BCUT2D eigenvalue weighted by Crippen LogP contribution is 2.28. The molecular formula is C18H18ClNO4S. The number of para-hydroxylation sites is 1. The lowest BCUT2D eigenvalue weighted by Gasteiger charge is -2.27. The zero-order valence-corrected chi connectivity index (χ0v) is 15.0. The molecule has 1 heterocycles. The Morgan fingerprint density at radius 3 is 2.28 bits per heavy atom. The van der Waals surface area contributed by atoms with Crippen LogP contribution in [0.25, 0.3) is 0 Å². The van der Waals surface area contributed by atoms with E-state index in [0.29, 0.717) is 23.6 Å². The zero-order valence-electron chi connectivity index (χ0n) is 13.5. The molecule has 2 aromatic carbocycles. The summed E-state index contributed by atoms with van der Waals surface area (Å²) >= 11 is 5.72. The van der Waals surface area contributed by atoms with Gasteiger partial charge in [-0.2, -0.15) is 0 Å². The molecule has 1 aliphatic rings. The average molecular weight is 380 g/mol. The maximum absolute atomic E-state index is 12.3. The zero-order chi connectivity index (χ0) is 17.9. The van der Waals surface area contributed by atoms with Gasteiger partial charge in [-0.05, 0) is 42.8 Å². The van der Waals surface area contributed by atoms with Crippen LogP contribution in [-0.4, -0.2) is 37.8 Å². The molecule has 132 valence electrons. The first-order valence-electron chi connectivity index (χ1n) is 7.90. The van der Waals surface area contributed by atoms with Gasteiger partial charge < -0.3 is 9.64 Å². The van der Waals surface area contributed by atoms with Crippen molar-refractivity contribution in [3.05, 3.63) is 54.6 Å². The van der Waals surface area contributed by atoms with Crippen molar-refractivity contribution < 1.29 is 17.9 Å². The number of anilines is 1. The van der Waals surface area contributed by atoms with Gasteiger partial charge in [0.05, 0.1) is 17.5 Å². The summed E-state index contributed by atoms with van der Waals surface area (Å²) in [5.74, 6) is 0.911. The summed E-state index contributed by atoms with van der Waals surface area (Å²) in [6.45, 7) is 0. The van der Waals surface area contributed by atoms with Gasteiger partial charge >= 0.3 is 0 Å². The number of halogens is 1. The normalized spacial score (nSPS) is 18.7. The highest BCUT2D eigenvalue weighted by Gasteiger charge is 2.35. The minimum absolute atomic E-state index is 0.0299. The quantitative estimate of drug-likeness (QED) is 0.748. The molecule has 0 radical (unpaired) electrons. The molecular weight excluding hydrogens is 362 g/mol. The Labute approximate surface area is 152 Å². The highest BCUT2D eigenvalue weighted by atomic mass is 35.5. The monoisotopic (exact) mass is 379 g/mol. The molecule has 25 heavy (non-hydrogen) atoms. The lowest BCUT2D eigenvalue weighted by Crippen LogP contribution is -2.42. The fraction of sp³-hybridized carbons (Fsp3) is 0.278. The van der Waals surface area contributed by atoms with Crippen molar-refractivity contribution in [2.45, 2.75) is 12.5 Å². The molecule has 0 saturated carbocycles. The number of amides is 1. The van der Waals surface area contributed by atoms with E-state index < -0.39 is 9.84 Å². The summed E-state index contributed by atoms with van der Waals surface area (Å²) in [6.07, 6.45) is 0.424. The van der Waals surface area contributed by atoms with Gasteiger partial charge in [0.25, 0.3) is 0 Å². The third-order valence-electron chi connectivity index (χ3n) is 4.05. The van der Waals surface area contributed by atoms with Crippen LogP contribution in [0.4, 0.5) is 5.69 Å².